The topological polar surface area (TPSA) is 32.3 Å². The third-order valence-electron chi connectivity index (χ3n) is 4.54. The molecular weight excluding hydrogens is 284 g/mol. The average molecular weight is 308 g/mol. The lowest BCUT2D eigenvalue weighted by Gasteiger charge is -2.22. The minimum atomic E-state index is 0.0842. The zero-order chi connectivity index (χ0) is 16.2. The number of carbonyl (C=O) groups excluding carboxylic acids is 1. The Morgan fingerprint density at radius 1 is 1.17 bits per heavy atom. The van der Waals surface area contributed by atoms with E-state index < -0.39 is 0 Å². The minimum Gasteiger partial charge on any atom is -0.362 e. The largest absolute Gasteiger partial charge is 0.362 e. The third-order valence-corrected chi connectivity index (χ3v) is 4.54. The Hall–Kier alpha value is -2.29. The molecule has 0 aromatic heterocycles. The SMILES string of the molecule is CC[C@@H](NC(=O)CN1CCc2ccccc21)c1ccc(C)cc1. The first-order chi connectivity index (χ1) is 11.2. The van der Waals surface area contributed by atoms with Crippen LogP contribution in [0.15, 0.2) is 48.5 Å². The summed E-state index contributed by atoms with van der Waals surface area (Å²) >= 11 is 0. The highest BCUT2D eigenvalue weighted by molar-refractivity contribution is 5.82. The van der Waals surface area contributed by atoms with Crippen molar-refractivity contribution in [2.45, 2.75) is 32.7 Å². The first-order valence-electron chi connectivity index (χ1n) is 8.36. The van der Waals surface area contributed by atoms with Crippen molar-refractivity contribution in [1.29, 1.82) is 0 Å². The summed E-state index contributed by atoms with van der Waals surface area (Å²) in [6, 6.07) is 16.8. The lowest BCUT2D eigenvalue weighted by molar-refractivity contribution is -0.120. The number of aryl methyl sites for hydroxylation is 1. The molecule has 1 aliphatic heterocycles. The second-order valence-electron chi connectivity index (χ2n) is 6.24. The lowest BCUT2D eigenvalue weighted by Crippen LogP contribution is -2.38. The molecule has 0 saturated heterocycles. The van der Waals surface area contributed by atoms with Crippen LogP contribution in [-0.2, 0) is 11.2 Å². The van der Waals surface area contributed by atoms with Crippen LogP contribution in [0.25, 0.3) is 0 Å². The quantitative estimate of drug-likeness (QED) is 0.915. The number of hydrogen-bond acceptors (Lipinski definition) is 2. The molecular formula is C20H24N2O. The van der Waals surface area contributed by atoms with Crippen LogP contribution in [0.1, 0.15) is 36.1 Å². The van der Waals surface area contributed by atoms with Gasteiger partial charge < -0.3 is 10.2 Å². The van der Waals surface area contributed by atoms with Gasteiger partial charge in [-0.3, -0.25) is 4.79 Å². The van der Waals surface area contributed by atoms with Gasteiger partial charge in [0.25, 0.3) is 0 Å². The van der Waals surface area contributed by atoms with E-state index >= 15 is 0 Å². The van der Waals surface area contributed by atoms with Gasteiger partial charge in [-0.1, -0.05) is 55.0 Å². The monoisotopic (exact) mass is 308 g/mol. The Bertz CT molecular complexity index is 678. The highest BCUT2D eigenvalue weighted by Gasteiger charge is 2.21. The van der Waals surface area contributed by atoms with Gasteiger partial charge in [-0.25, -0.2) is 0 Å². The molecule has 2 aromatic carbocycles. The normalized spacial score (nSPS) is 14.4. The fourth-order valence-electron chi connectivity index (χ4n) is 3.20. The molecule has 1 amide bonds. The number of anilines is 1. The van der Waals surface area contributed by atoms with E-state index in [4.69, 9.17) is 0 Å². The fourth-order valence-corrected chi connectivity index (χ4v) is 3.20. The summed E-state index contributed by atoms with van der Waals surface area (Å²) in [5, 5.41) is 3.18. The number of benzene rings is 2. The maximum absolute atomic E-state index is 12.5. The Balaban J connectivity index is 1.63. The summed E-state index contributed by atoms with van der Waals surface area (Å²) in [6.07, 6.45) is 1.92. The molecule has 0 spiro atoms. The summed E-state index contributed by atoms with van der Waals surface area (Å²) in [4.78, 5) is 14.6. The molecule has 0 unspecified atom stereocenters. The zero-order valence-corrected chi connectivity index (χ0v) is 13.9. The fraction of sp³-hybridized carbons (Fsp3) is 0.350. The molecule has 0 radical (unpaired) electrons. The molecule has 1 heterocycles. The Labute approximate surface area is 138 Å². The summed E-state index contributed by atoms with van der Waals surface area (Å²) in [7, 11) is 0. The van der Waals surface area contributed by atoms with Crippen LogP contribution in [0.2, 0.25) is 0 Å². The van der Waals surface area contributed by atoms with Crippen LogP contribution in [0.5, 0.6) is 0 Å². The molecule has 0 aliphatic carbocycles. The number of amides is 1. The Morgan fingerprint density at radius 3 is 2.65 bits per heavy atom. The minimum absolute atomic E-state index is 0.0842. The number of fused-ring (bicyclic) bond motifs is 1. The molecule has 1 atom stereocenters. The van der Waals surface area contributed by atoms with Crippen LogP contribution in [0.4, 0.5) is 5.69 Å². The van der Waals surface area contributed by atoms with Gasteiger partial charge in [0.2, 0.25) is 5.91 Å². The second kappa shape index (κ2) is 6.86. The van der Waals surface area contributed by atoms with Crippen molar-refractivity contribution in [3.63, 3.8) is 0 Å². The first kappa shape index (κ1) is 15.6. The molecule has 3 nitrogen and oxygen atoms in total. The van der Waals surface area contributed by atoms with Crippen LogP contribution >= 0.6 is 0 Å². The number of rotatable bonds is 5. The van der Waals surface area contributed by atoms with Gasteiger partial charge in [0.05, 0.1) is 12.6 Å². The second-order valence-corrected chi connectivity index (χ2v) is 6.24. The van der Waals surface area contributed by atoms with E-state index in [2.05, 4.69) is 66.5 Å². The zero-order valence-electron chi connectivity index (χ0n) is 13.9. The summed E-state index contributed by atoms with van der Waals surface area (Å²) in [6.45, 7) is 5.54. The van der Waals surface area contributed by atoms with Gasteiger partial charge in [-0.15, -0.1) is 0 Å². The standard InChI is InChI=1S/C20H24N2O/c1-3-18(16-10-8-15(2)9-11-16)21-20(23)14-22-13-12-17-6-4-5-7-19(17)22/h4-11,18H,3,12-14H2,1-2H3,(H,21,23)/t18-/m1/s1. The lowest BCUT2D eigenvalue weighted by atomic mass is 10.0. The molecule has 3 rings (SSSR count). The van der Waals surface area contributed by atoms with Crippen molar-refractivity contribution < 1.29 is 4.79 Å². The highest BCUT2D eigenvalue weighted by Crippen LogP contribution is 2.27. The van der Waals surface area contributed by atoms with E-state index in [9.17, 15) is 4.79 Å². The van der Waals surface area contributed by atoms with Crippen molar-refractivity contribution in [2.75, 3.05) is 18.0 Å². The van der Waals surface area contributed by atoms with Crippen molar-refractivity contribution in [3.8, 4) is 0 Å². The Kier molecular flexibility index (Phi) is 4.65. The molecule has 1 aliphatic rings. The molecule has 0 fully saturated rings. The van der Waals surface area contributed by atoms with Crippen molar-refractivity contribution in [1.82, 2.24) is 5.32 Å². The van der Waals surface area contributed by atoms with Crippen LogP contribution in [-0.4, -0.2) is 19.0 Å². The van der Waals surface area contributed by atoms with E-state index in [1.165, 1.54) is 22.4 Å². The summed E-state index contributed by atoms with van der Waals surface area (Å²) in [5.74, 6) is 0.0918. The van der Waals surface area contributed by atoms with Crippen molar-refractivity contribution in [3.05, 3.63) is 65.2 Å². The van der Waals surface area contributed by atoms with Gasteiger partial charge in [-0.05, 0) is 37.0 Å². The average Bonchev–Trinajstić information content (AvgIpc) is 2.97. The smallest absolute Gasteiger partial charge is 0.240 e. The van der Waals surface area contributed by atoms with Crippen LogP contribution in [0.3, 0.4) is 0 Å². The van der Waals surface area contributed by atoms with Gasteiger partial charge in [0.1, 0.15) is 0 Å². The van der Waals surface area contributed by atoms with E-state index in [0.717, 1.165) is 19.4 Å². The van der Waals surface area contributed by atoms with Crippen molar-refractivity contribution >= 4 is 11.6 Å². The predicted molar refractivity (Wildman–Crippen MR) is 94.7 cm³/mol. The van der Waals surface area contributed by atoms with E-state index in [0.29, 0.717) is 6.54 Å². The first-order valence-corrected chi connectivity index (χ1v) is 8.36. The van der Waals surface area contributed by atoms with Crippen LogP contribution in [0, 0.1) is 6.92 Å². The predicted octanol–water partition coefficient (Wildman–Crippen LogP) is 3.63. The number of para-hydroxylation sites is 1. The number of carbonyl (C=O) groups is 1. The molecule has 3 heteroatoms. The van der Waals surface area contributed by atoms with Gasteiger partial charge >= 0.3 is 0 Å². The molecule has 23 heavy (non-hydrogen) atoms. The molecule has 0 saturated carbocycles. The molecule has 0 bridgehead atoms. The maximum atomic E-state index is 12.5. The number of nitrogens with one attached hydrogen (secondary N) is 1. The van der Waals surface area contributed by atoms with Gasteiger partial charge in [0, 0.05) is 12.2 Å². The van der Waals surface area contributed by atoms with E-state index in [-0.39, 0.29) is 11.9 Å². The van der Waals surface area contributed by atoms with E-state index in [1.54, 1.807) is 0 Å². The highest BCUT2D eigenvalue weighted by atomic mass is 16.2. The summed E-state index contributed by atoms with van der Waals surface area (Å²) in [5.41, 5.74) is 4.95. The molecule has 1 N–H and O–H groups in total. The third kappa shape index (κ3) is 3.55. The molecule has 120 valence electrons. The van der Waals surface area contributed by atoms with Gasteiger partial charge in [-0.2, -0.15) is 0 Å². The maximum Gasteiger partial charge on any atom is 0.240 e. The van der Waals surface area contributed by atoms with Gasteiger partial charge in [0.15, 0.2) is 0 Å². The molecule has 2 aromatic rings. The van der Waals surface area contributed by atoms with E-state index in [1.807, 2.05) is 6.07 Å². The Morgan fingerprint density at radius 2 is 1.91 bits per heavy atom. The van der Waals surface area contributed by atoms with Crippen LogP contribution < -0.4 is 10.2 Å². The van der Waals surface area contributed by atoms with Crippen molar-refractivity contribution in [2.24, 2.45) is 0 Å². The number of hydrogen-bond donors (Lipinski definition) is 1. The number of nitrogens with zero attached hydrogens (tertiary/aromatic N) is 1. The summed E-state index contributed by atoms with van der Waals surface area (Å²) < 4.78 is 0.